The summed E-state index contributed by atoms with van der Waals surface area (Å²) in [5, 5.41) is 12.5. The zero-order chi connectivity index (χ0) is 12.5. The van der Waals surface area contributed by atoms with Crippen LogP contribution in [0.1, 0.15) is 37.4 Å². The first-order valence-electron chi connectivity index (χ1n) is 6.28. The Hall–Kier alpha value is -0.900. The van der Waals surface area contributed by atoms with Crippen molar-refractivity contribution in [2.24, 2.45) is 0 Å². The lowest BCUT2D eigenvalue weighted by molar-refractivity contribution is 0.144. The molecule has 0 aliphatic heterocycles. The van der Waals surface area contributed by atoms with Crippen molar-refractivity contribution in [2.45, 2.75) is 32.9 Å². The Morgan fingerprint density at radius 3 is 2.94 bits per heavy atom. The van der Waals surface area contributed by atoms with Crippen LogP contribution in [0.4, 0.5) is 0 Å². The smallest absolute Gasteiger partial charge is 0.0681 e. The van der Waals surface area contributed by atoms with E-state index >= 15 is 0 Å². The van der Waals surface area contributed by atoms with E-state index in [1.807, 2.05) is 25.1 Å². The number of rotatable bonds is 8. The highest BCUT2D eigenvalue weighted by molar-refractivity contribution is 5.25. The van der Waals surface area contributed by atoms with Gasteiger partial charge < -0.3 is 15.2 Å². The third-order valence-electron chi connectivity index (χ3n) is 2.75. The second-order valence-corrected chi connectivity index (χ2v) is 4.13. The molecule has 1 unspecified atom stereocenters. The summed E-state index contributed by atoms with van der Waals surface area (Å²) in [4.78, 5) is 0. The van der Waals surface area contributed by atoms with Crippen LogP contribution in [0.15, 0.2) is 24.3 Å². The molecule has 0 amide bonds. The third kappa shape index (κ3) is 5.31. The van der Waals surface area contributed by atoms with Crippen molar-refractivity contribution in [3.05, 3.63) is 35.4 Å². The number of aliphatic hydroxyl groups is 1. The van der Waals surface area contributed by atoms with Gasteiger partial charge in [0.15, 0.2) is 0 Å². The Bertz CT molecular complexity index is 315. The van der Waals surface area contributed by atoms with Crippen molar-refractivity contribution in [3.63, 3.8) is 0 Å². The quantitative estimate of drug-likeness (QED) is 0.681. The van der Waals surface area contributed by atoms with Crippen LogP contribution in [0, 0.1) is 0 Å². The number of hydrogen-bond donors (Lipinski definition) is 2. The second kappa shape index (κ2) is 8.23. The van der Waals surface area contributed by atoms with E-state index in [-0.39, 0.29) is 6.61 Å². The summed E-state index contributed by atoms with van der Waals surface area (Å²) in [7, 11) is 0. The maximum atomic E-state index is 9.08. The predicted octanol–water partition coefficient (Wildman–Crippen LogP) is 2.26. The standard InChI is InChI=1S/C14H23NO2/c1-3-17-9-5-8-15-12(2)14-7-4-6-13(10-14)11-16/h4,6-7,10,12,15-16H,3,5,8-9,11H2,1-2H3. The summed E-state index contributed by atoms with van der Waals surface area (Å²) >= 11 is 0. The van der Waals surface area contributed by atoms with E-state index in [2.05, 4.69) is 18.3 Å². The number of ether oxygens (including phenoxy) is 1. The Balaban J connectivity index is 2.33. The van der Waals surface area contributed by atoms with E-state index in [1.165, 1.54) is 5.56 Å². The topological polar surface area (TPSA) is 41.5 Å². The molecule has 3 nitrogen and oxygen atoms in total. The van der Waals surface area contributed by atoms with E-state index in [9.17, 15) is 0 Å². The zero-order valence-electron chi connectivity index (χ0n) is 10.8. The minimum atomic E-state index is 0.102. The van der Waals surface area contributed by atoms with Crippen molar-refractivity contribution in [3.8, 4) is 0 Å². The Morgan fingerprint density at radius 2 is 2.24 bits per heavy atom. The Kier molecular flexibility index (Phi) is 6.86. The minimum absolute atomic E-state index is 0.102. The van der Waals surface area contributed by atoms with Gasteiger partial charge in [-0.15, -0.1) is 0 Å². The molecule has 3 heteroatoms. The molecule has 0 heterocycles. The van der Waals surface area contributed by atoms with Gasteiger partial charge in [0.2, 0.25) is 0 Å². The summed E-state index contributed by atoms with van der Waals surface area (Å²) in [6.07, 6.45) is 1.03. The van der Waals surface area contributed by atoms with Gasteiger partial charge in [-0.2, -0.15) is 0 Å². The first-order chi connectivity index (χ1) is 8.27. The predicted molar refractivity (Wildman–Crippen MR) is 69.9 cm³/mol. The van der Waals surface area contributed by atoms with Crippen LogP contribution >= 0.6 is 0 Å². The molecule has 0 saturated carbocycles. The number of benzene rings is 1. The molecule has 96 valence electrons. The molecule has 0 aliphatic carbocycles. The van der Waals surface area contributed by atoms with Gasteiger partial charge in [-0.25, -0.2) is 0 Å². The summed E-state index contributed by atoms with van der Waals surface area (Å²) in [5.74, 6) is 0. The van der Waals surface area contributed by atoms with Crippen LogP contribution in [-0.4, -0.2) is 24.9 Å². The van der Waals surface area contributed by atoms with Crippen molar-refractivity contribution in [2.75, 3.05) is 19.8 Å². The average molecular weight is 237 g/mol. The normalized spacial score (nSPS) is 12.6. The number of aliphatic hydroxyl groups excluding tert-OH is 1. The first kappa shape index (κ1) is 14.2. The van der Waals surface area contributed by atoms with Gasteiger partial charge in [0.05, 0.1) is 6.61 Å². The van der Waals surface area contributed by atoms with Gasteiger partial charge in [0.1, 0.15) is 0 Å². The van der Waals surface area contributed by atoms with E-state index < -0.39 is 0 Å². The highest BCUT2D eigenvalue weighted by Crippen LogP contribution is 2.14. The van der Waals surface area contributed by atoms with Gasteiger partial charge in [-0.05, 0) is 37.9 Å². The highest BCUT2D eigenvalue weighted by atomic mass is 16.5. The fourth-order valence-corrected chi connectivity index (χ4v) is 1.72. The molecule has 0 aromatic heterocycles. The van der Waals surface area contributed by atoms with Crippen LogP contribution in [0.25, 0.3) is 0 Å². The summed E-state index contributed by atoms with van der Waals surface area (Å²) in [6.45, 7) is 6.80. The van der Waals surface area contributed by atoms with Crippen molar-refractivity contribution < 1.29 is 9.84 Å². The minimum Gasteiger partial charge on any atom is -0.392 e. The molecule has 0 spiro atoms. The van der Waals surface area contributed by atoms with E-state index in [0.717, 1.165) is 31.7 Å². The molecule has 0 radical (unpaired) electrons. The fourth-order valence-electron chi connectivity index (χ4n) is 1.72. The number of nitrogens with one attached hydrogen (secondary N) is 1. The maximum Gasteiger partial charge on any atom is 0.0681 e. The van der Waals surface area contributed by atoms with Gasteiger partial charge in [-0.1, -0.05) is 24.3 Å². The van der Waals surface area contributed by atoms with Crippen LogP contribution < -0.4 is 5.32 Å². The van der Waals surface area contributed by atoms with Crippen LogP contribution in [0.5, 0.6) is 0 Å². The summed E-state index contributed by atoms with van der Waals surface area (Å²) in [5.41, 5.74) is 2.18. The summed E-state index contributed by atoms with van der Waals surface area (Å²) in [6, 6.07) is 8.35. The molecule has 1 aromatic carbocycles. The largest absolute Gasteiger partial charge is 0.392 e. The van der Waals surface area contributed by atoms with Gasteiger partial charge in [0, 0.05) is 19.3 Å². The Morgan fingerprint density at radius 1 is 1.41 bits per heavy atom. The average Bonchev–Trinajstić information content (AvgIpc) is 2.38. The molecule has 1 rings (SSSR count). The van der Waals surface area contributed by atoms with Gasteiger partial charge in [-0.3, -0.25) is 0 Å². The lowest BCUT2D eigenvalue weighted by Crippen LogP contribution is -2.21. The van der Waals surface area contributed by atoms with Crippen LogP contribution in [0.3, 0.4) is 0 Å². The lowest BCUT2D eigenvalue weighted by Gasteiger charge is -2.15. The first-order valence-corrected chi connectivity index (χ1v) is 6.28. The molecule has 0 fully saturated rings. The third-order valence-corrected chi connectivity index (χ3v) is 2.75. The molecular weight excluding hydrogens is 214 g/mol. The molecule has 1 aromatic rings. The van der Waals surface area contributed by atoms with Gasteiger partial charge >= 0.3 is 0 Å². The molecule has 0 aliphatic rings. The maximum absolute atomic E-state index is 9.08. The molecule has 2 N–H and O–H groups in total. The monoisotopic (exact) mass is 237 g/mol. The van der Waals surface area contributed by atoms with Crippen molar-refractivity contribution in [1.29, 1.82) is 0 Å². The van der Waals surface area contributed by atoms with Crippen LogP contribution in [0.2, 0.25) is 0 Å². The fraction of sp³-hybridized carbons (Fsp3) is 0.571. The number of hydrogen-bond acceptors (Lipinski definition) is 3. The zero-order valence-corrected chi connectivity index (χ0v) is 10.8. The lowest BCUT2D eigenvalue weighted by atomic mass is 10.1. The SMILES string of the molecule is CCOCCCNC(C)c1cccc(CO)c1. The highest BCUT2D eigenvalue weighted by Gasteiger charge is 2.04. The molecule has 0 bridgehead atoms. The second-order valence-electron chi connectivity index (χ2n) is 4.13. The molecule has 17 heavy (non-hydrogen) atoms. The Labute approximate surface area is 104 Å². The van der Waals surface area contributed by atoms with Gasteiger partial charge in [0.25, 0.3) is 0 Å². The van der Waals surface area contributed by atoms with E-state index in [4.69, 9.17) is 9.84 Å². The molecule has 0 saturated heterocycles. The summed E-state index contributed by atoms with van der Waals surface area (Å²) < 4.78 is 5.28. The van der Waals surface area contributed by atoms with Crippen molar-refractivity contribution >= 4 is 0 Å². The molecular formula is C14H23NO2. The van der Waals surface area contributed by atoms with E-state index in [0.29, 0.717) is 6.04 Å². The van der Waals surface area contributed by atoms with E-state index in [1.54, 1.807) is 0 Å². The van der Waals surface area contributed by atoms with Crippen molar-refractivity contribution in [1.82, 2.24) is 5.32 Å². The molecule has 1 atom stereocenters. The van der Waals surface area contributed by atoms with Crippen LogP contribution in [-0.2, 0) is 11.3 Å².